The second-order valence-electron chi connectivity index (χ2n) is 4.80. The highest BCUT2D eigenvalue weighted by atomic mass is 127. The number of nitrogens with one attached hydrogen (secondary N) is 1. The summed E-state index contributed by atoms with van der Waals surface area (Å²) in [5.74, 6) is 3.85. The van der Waals surface area contributed by atoms with E-state index < -0.39 is 0 Å². The zero-order valence-electron chi connectivity index (χ0n) is 12.1. The minimum Gasteiger partial charge on any atom is -0.369 e. The van der Waals surface area contributed by atoms with Crippen LogP contribution in [0.4, 0.5) is 5.82 Å². The molecule has 1 fully saturated rings. The molecule has 0 saturated carbocycles. The van der Waals surface area contributed by atoms with Crippen molar-refractivity contribution in [1.29, 1.82) is 0 Å². The van der Waals surface area contributed by atoms with Crippen molar-refractivity contribution < 1.29 is 4.74 Å². The monoisotopic (exact) mass is 407 g/mol. The first-order chi connectivity index (χ1) is 9.76. The van der Waals surface area contributed by atoms with Crippen LogP contribution in [0.25, 0.3) is 0 Å². The number of ether oxygens (including phenoxy) is 1. The lowest BCUT2D eigenvalue weighted by atomic mass is 10.2. The number of aryl methyl sites for hydroxylation is 1. The third-order valence-corrected chi connectivity index (χ3v) is 5.20. The Labute approximate surface area is 139 Å². The molecule has 4 nitrogen and oxygen atoms in total. The van der Waals surface area contributed by atoms with E-state index in [4.69, 9.17) is 14.7 Å². The van der Waals surface area contributed by atoms with Crippen LogP contribution in [0.15, 0.2) is 0 Å². The van der Waals surface area contributed by atoms with Gasteiger partial charge in [0.15, 0.2) is 5.82 Å². The summed E-state index contributed by atoms with van der Waals surface area (Å²) in [5.41, 5.74) is 1.15. The molecular formula is C14H22IN3OS. The smallest absolute Gasteiger partial charge is 0.160 e. The molecule has 0 spiro atoms. The molecule has 1 saturated heterocycles. The Morgan fingerprint density at radius 3 is 2.85 bits per heavy atom. The standard InChI is InChI=1S/C14H22IN3OS/c1-3-5-10-12(15)14(16-6-4-2)18-13(17-10)11-9-20-8-7-19-11/h11H,3-9H2,1-2H3,(H,16,17,18). The zero-order valence-corrected chi connectivity index (χ0v) is 15.1. The van der Waals surface area contributed by atoms with Gasteiger partial charge in [-0.15, -0.1) is 0 Å². The zero-order chi connectivity index (χ0) is 14.4. The van der Waals surface area contributed by atoms with Crippen molar-refractivity contribution in [2.75, 3.05) is 30.0 Å². The van der Waals surface area contributed by atoms with Crippen molar-refractivity contribution in [2.45, 2.75) is 39.2 Å². The molecular weight excluding hydrogens is 385 g/mol. The Morgan fingerprint density at radius 1 is 1.35 bits per heavy atom. The normalized spacial score (nSPS) is 19.1. The van der Waals surface area contributed by atoms with Gasteiger partial charge in [-0.3, -0.25) is 0 Å². The van der Waals surface area contributed by atoms with Gasteiger partial charge >= 0.3 is 0 Å². The summed E-state index contributed by atoms with van der Waals surface area (Å²) in [7, 11) is 0. The van der Waals surface area contributed by atoms with Crippen LogP contribution >= 0.6 is 34.4 Å². The first-order valence-corrected chi connectivity index (χ1v) is 9.49. The van der Waals surface area contributed by atoms with Crippen molar-refractivity contribution in [3.05, 3.63) is 15.1 Å². The number of hydrogen-bond donors (Lipinski definition) is 1. The van der Waals surface area contributed by atoms with Crippen LogP contribution in [-0.4, -0.2) is 34.6 Å². The third kappa shape index (κ3) is 4.21. The highest BCUT2D eigenvalue weighted by Gasteiger charge is 2.22. The van der Waals surface area contributed by atoms with E-state index in [0.29, 0.717) is 0 Å². The van der Waals surface area contributed by atoms with Crippen LogP contribution < -0.4 is 5.32 Å². The Kier molecular flexibility index (Phi) is 6.83. The van der Waals surface area contributed by atoms with Gasteiger partial charge in [0.1, 0.15) is 11.9 Å². The van der Waals surface area contributed by atoms with Gasteiger partial charge in [-0.25, -0.2) is 9.97 Å². The van der Waals surface area contributed by atoms with Crippen molar-refractivity contribution in [2.24, 2.45) is 0 Å². The highest BCUT2D eigenvalue weighted by molar-refractivity contribution is 14.1. The van der Waals surface area contributed by atoms with E-state index >= 15 is 0 Å². The third-order valence-electron chi connectivity index (χ3n) is 3.07. The quantitative estimate of drug-likeness (QED) is 0.730. The molecule has 1 aliphatic rings. The predicted octanol–water partition coefficient (Wildman–Crippen LogP) is 3.66. The average molecular weight is 407 g/mol. The predicted molar refractivity (Wildman–Crippen MR) is 93.5 cm³/mol. The molecule has 1 aromatic rings. The van der Waals surface area contributed by atoms with Crippen LogP contribution in [0.5, 0.6) is 0 Å². The van der Waals surface area contributed by atoms with E-state index in [1.165, 1.54) is 0 Å². The molecule has 1 aromatic heterocycles. The number of hydrogen-bond acceptors (Lipinski definition) is 5. The maximum atomic E-state index is 5.82. The summed E-state index contributed by atoms with van der Waals surface area (Å²) < 4.78 is 6.98. The SMILES string of the molecule is CCCNc1nc(C2CSCCO2)nc(CCC)c1I. The second-order valence-corrected chi connectivity index (χ2v) is 7.03. The summed E-state index contributed by atoms with van der Waals surface area (Å²) >= 11 is 4.28. The lowest BCUT2D eigenvalue weighted by Crippen LogP contribution is -2.20. The van der Waals surface area contributed by atoms with Crippen LogP contribution in [-0.2, 0) is 11.2 Å². The molecule has 2 rings (SSSR count). The van der Waals surface area contributed by atoms with Crippen molar-refractivity contribution in [3.8, 4) is 0 Å². The van der Waals surface area contributed by atoms with Gasteiger partial charge in [-0.1, -0.05) is 20.3 Å². The van der Waals surface area contributed by atoms with Crippen LogP contribution in [0, 0.1) is 3.57 Å². The van der Waals surface area contributed by atoms with Crippen molar-refractivity contribution >= 4 is 40.2 Å². The van der Waals surface area contributed by atoms with Gasteiger partial charge < -0.3 is 10.1 Å². The number of anilines is 1. The summed E-state index contributed by atoms with van der Waals surface area (Å²) in [5, 5.41) is 3.42. The lowest BCUT2D eigenvalue weighted by molar-refractivity contribution is 0.0693. The van der Waals surface area contributed by atoms with E-state index in [0.717, 1.165) is 64.8 Å². The molecule has 20 heavy (non-hydrogen) atoms. The average Bonchev–Trinajstić information content (AvgIpc) is 2.49. The van der Waals surface area contributed by atoms with Crippen LogP contribution in [0.3, 0.4) is 0 Å². The number of aromatic nitrogens is 2. The minimum absolute atomic E-state index is 0.0449. The minimum atomic E-state index is 0.0449. The Bertz CT molecular complexity index is 439. The first kappa shape index (κ1) is 16.3. The molecule has 1 aliphatic heterocycles. The Morgan fingerprint density at radius 2 is 2.20 bits per heavy atom. The fraction of sp³-hybridized carbons (Fsp3) is 0.714. The lowest BCUT2D eigenvalue weighted by Gasteiger charge is -2.22. The second kappa shape index (κ2) is 8.38. The first-order valence-electron chi connectivity index (χ1n) is 7.25. The van der Waals surface area contributed by atoms with Crippen molar-refractivity contribution in [1.82, 2.24) is 9.97 Å². The fourth-order valence-electron chi connectivity index (χ4n) is 2.06. The fourth-order valence-corrected chi connectivity index (χ4v) is 3.60. The maximum absolute atomic E-state index is 5.82. The molecule has 1 unspecified atom stereocenters. The molecule has 0 amide bonds. The molecule has 6 heteroatoms. The number of rotatable bonds is 6. The number of halogens is 1. The molecule has 0 bridgehead atoms. The van der Waals surface area contributed by atoms with Crippen LogP contribution in [0.2, 0.25) is 0 Å². The van der Waals surface area contributed by atoms with Crippen LogP contribution in [0.1, 0.15) is 44.3 Å². The topological polar surface area (TPSA) is 47.0 Å². The molecule has 2 heterocycles. The largest absolute Gasteiger partial charge is 0.369 e. The van der Waals surface area contributed by atoms with Crippen molar-refractivity contribution in [3.63, 3.8) is 0 Å². The molecule has 1 atom stereocenters. The summed E-state index contributed by atoms with van der Waals surface area (Å²) in [6.45, 7) is 6.09. The number of nitrogens with zero attached hydrogens (tertiary/aromatic N) is 2. The van der Waals surface area contributed by atoms with Gasteiger partial charge in [0, 0.05) is 18.1 Å². The molecule has 0 aliphatic carbocycles. The van der Waals surface area contributed by atoms with E-state index in [-0.39, 0.29) is 6.10 Å². The van der Waals surface area contributed by atoms with Gasteiger partial charge in [-0.05, 0) is 35.4 Å². The molecule has 0 radical (unpaired) electrons. The summed E-state index contributed by atoms with van der Waals surface area (Å²) in [6.07, 6.45) is 3.23. The molecule has 1 N–H and O–H groups in total. The summed E-state index contributed by atoms with van der Waals surface area (Å²) in [4.78, 5) is 9.47. The van der Waals surface area contributed by atoms with Gasteiger partial charge in [0.05, 0.1) is 15.9 Å². The van der Waals surface area contributed by atoms with E-state index in [2.05, 4.69) is 41.8 Å². The Balaban J connectivity index is 2.27. The highest BCUT2D eigenvalue weighted by Crippen LogP contribution is 2.28. The van der Waals surface area contributed by atoms with E-state index in [9.17, 15) is 0 Å². The van der Waals surface area contributed by atoms with E-state index in [1.807, 2.05) is 11.8 Å². The van der Waals surface area contributed by atoms with E-state index in [1.54, 1.807) is 0 Å². The van der Waals surface area contributed by atoms with Gasteiger partial charge in [-0.2, -0.15) is 11.8 Å². The number of thioether (sulfide) groups is 1. The summed E-state index contributed by atoms with van der Waals surface area (Å²) in [6, 6.07) is 0. The van der Waals surface area contributed by atoms with Gasteiger partial charge in [0.2, 0.25) is 0 Å². The maximum Gasteiger partial charge on any atom is 0.160 e. The molecule has 112 valence electrons. The Hall–Kier alpha value is -0.0800. The van der Waals surface area contributed by atoms with Gasteiger partial charge in [0.25, 0.3) is 0 Å². The molecule has 0 aromatic carbocycles.